The summed E-state index contributed by atoms with van der Waals surface area (Å²) in [5.74, 6) is 1.14. The Hall–Kier alpha value is -3.33. The predicted octanol–water partition coefficient (Wildman–Crippen LogP) is 2.72. The molecule has 9 nitrogen and oxygen atoms in total. The van der Waals surface area contributed by atoms with Crippen molar-refractivity contribution >= 4 is 11.6 Å². The fourth-order valence-electron chi connectivity index (χ4n) is 3.89. The Balaban J connectivity index is 1.46. The zero-order valence-corrected chi connectivity index (χ0v) is 17.4. The Bertz CT molecular complexity index is 962. The van der Waals surface area contributed by atoms with Gasteiger partial charge in [-0.3, -0.25) is 19.8 Å². The number of nitro benzene ring substituents is 1. The molecule has 2 aromatic rings. The van der Waals surface area contributed by atoms with Crippen LogP contribution in [0.5, 0.6) is 17.2 Å². The smallest absolute Gasteiger partial charge is 0.286 e. The van der Waals surface area contributed by atoms with Gasteiger partial charge in [0.05, 0.1) is 18.1 Å². The third kappa shape index (κ3) is 4.72. The van der Waals surface area contributed by atoms with Gasteiger partial charge in [0.15, 0.2) is 11.5 Å². The Morgan fingerprint density at radius 2 is 1.77 bits per heavy atom. The van der Waals surface area contributed by atoms with E-state index in [0.29, 0.717) is 44.3 Å². The lowest BCUT2D eigenvalue weighted by molar-refractivity contribution is -0.385. The van der Waals surface area contributed by atoms with Crippen molar-refractivity contribution in [3.05, 3.63) is 57.6 Å². The zero-order valence-electron chi connectivity index (χ0n) is 17.4. The third-order valence-corrected chi connectivity index (χ3v) is 5.53. The van der Waals surface area contributed by atoms with Crippen LogP contribution in [0.1, 0.15) is 22.3 Å². The Morgan fingerprint density at radius 3 is 2.45 bits per heavy atom. The summed E-state index contributed by atoms with van der Waals surface area (Å²) in [5.41, 5.74) is 0.953. The molecule has 1 saturated heterocycles. The van der Waals surface area contributed by atoms with E-state index in [0.717, 1.165) is 25.3 Å². The highest BCUT2D eigenvalue weighted by Crippen LogP contribution is 2.37. The van der Waals surface area contributed by atoms with Crippen molar-refractivity contribution in [1.29, 1.82) is 0 Å². The van der Waals surface area contributed by atoms with Gasteiger partial charge < -0.3 is 19.1 Å². The van der Waals surface area contributed by atoms with E-state index in [1.165, 1.54) is 17.7 Å². The van der Waals surface area contributed by atoms with Crippen LogP contribution in [0.3, 0.4) is 0 Å². The van der Waals surface area contributed by atoms with Crippen LogP contribution < -0.4 is 14.2 Å². The van der Waals surface area contributed by atoms with Crippen LogP contribution in [0.25, 0.3) is 0 Å². The standard InChI is InChI=1S/C22H25N3O6/c1-29-17-5-3-16(4-6-17)15-23-7-2-8-24(10-9-23)22(26)18-13-20-21(31-12-11-30-20)14-19(18)25(27)28/h3-6,13-14H,2,7-12,15H2,1H3. The van der Waals surface area contributed by atoms with Crippen LogP contribution in [-0.4, -0.2) is 67.1 Å². The molecule has 4 rings (SSSR count). The molecule has 0 bridgehead atoms. The average Bonchev–Trinajstić information content (AvgIpc) is 3.03. The Labute approximate surface area is 180 Å². The molecule has 0 radical (unpaired) electrons. The monoisotopic (exact) mass is 427 g/mol. The number of hydrogen-bond donors (Lipinski definition) is 0. The van der Waals surface area contributed by atoms with Crippen LogP contribution in [0, 0.1) is 10.1 Å². The number of methoxy groups -OCH3 is 1. The van der Waals surface area contributed by atoms with E-state index in [1.54, 1.807) is 12.0 Å². The number of rotatable bonds is 5. The SMILES string of the molecule is COc1ccc(CN2CCCN(C(=O)c3cc4c(cc3[N+](=O)[O-])OCCO4)CC2)cc1. The van der Waals surface area contributed by atoms with Gasteiger partial charge in [-0.25, -0.2) is 0 Å². The quantitative estimate of drug-likeness (QED) is 0.535. The first-order chi connectivity index (χ1) is 15.0. The predicted molar refractivity (Wildman–Crippen MR) is 113 cm³/mol. The van der Waals surface area contributed by atoms with E-state index in [1.807, 2.05) is 24.3 Å². The highest BCUT2D eigenvalue weighted by Gasteiger charge is 2.30. The molecule has 0 spiro atoms. The first kappa shape index (κ1) is 20.9. The number of nitrogens with zero attached hydrogens (tertiary/aromatic N) is 3. The summed E-state index contributed by atoms with van der Waals surface area (Å²) in [4.78, 5) is 28.2. The first-order valence-electron chi connectivity index (χ1n) is 10.3. The van der Waals surface area contributed by atoms with Gasteiger partial charge in [-0.15, -0.1) is 0 Å². The van der Waals surface area contributed by atoms with Crippen molar-refractivity contribution < 1.29 is 23.9 Å². The van der Waals surface area contributed by atoms with Gasteiger partial charge >= 0.3 is 0 Å². The van der Waals surface area contributed by atoms with Gasteiger partial charge in [0.1, 0.15) is 24.5 Å². The minimum Gasteiger partial charge on any atom is -0.497 e. The summed E-state index contributed by atoms with van der Waals surface area (Å²) in [5, 5.41) is 11.6. The summed E-state index contributed by atoms with van der Waals surface area (Å²) in [7, 11) is 1.64. The van der Waals surface area contributed by atoms with E-state index in [4.69, 9.17) is 14.2 Å². The molecular weight excluding hydrogens is 402 g/mol. The Kier molecular flexibility index (Phi) is 6.22. The van der Waals surface area contributed by atoms with Crippen LogP contribution >= 0.6 is 0 Å². The lowest BCUT2D eigenvalue weighted by atomic mass is 10.1. The second-order valence-corrected chi connectivity index (χ2v) is 7.54. The fourth-order valence-corrected chi connectivity index (χ4v) is 3.89. The topological polar surface area (TPSA) is 94.4 Å². The molecule has 2 aromatic carbocycles. The minimum atomic E-state index is -0.542. The van der Waals surface area contributed by atoms with Gasteiger partial charge in [0, 0.05) is 38.8 Å². The van der Waals surface area contributed by atoms with Gasteiger partial charge in [-0.05, 0) is 24.1 Å². The zero-order chi connectivity index (χ0) is 21.8. The molecule has 9 heteroatoms. The number of amides is 1. The van der Waals surface area contributed by atoms with Crippen molar-refractivity contribution in [1.82, 2.24) is 9.80 Å². The van der Waals surface area contributed by atoms with Crippen molar-refractivity contribution in [3.8, 4) is 17.2 Å². The number of carbonyl (C=O) groups is 1. The maximum absolute atomic E-state index is 13.2. The maximum Gasteiger partial charge on any atom is 0.286 e. The van der Waals surface area contributed by atoms with Crippen molar-refractivity contribution in [2.24, 2.45) is 0 Å². The summed E-state index contributed by atoms with van der Waals surface area (Å²) in [6.07, 6.45) is 0.792. The summed E-state index contributed by atoms with van der Waals surface area (Å²) in [6, 6.07) is 10.7. The molecule has 0 atom stereocenters. The number of carbonyl (C=O) groups excluding carboxylic acids is 1. The van der Waals surface area contributed by atoms with Crippen molar-refractivity contribution in [3.63, 3.8) is 0 Å². The molecule has 0 unspecified atom stereocenters. The van der Waals surface area contributed by atoms with Gasteiger partial charge in [-0.1, -0.05) is 12.1 Å². The number of ether oxygens (including phenoxy) is 3. The first-order valence-corrected chi connectivity index (χ1v) is 10.3. The molecule has 164 valence electrons. The summed E-state index contributed by atoms with van der Waals surface area (Å²) in [6.45, 7) is 4.03. The molecule has 0 aromatic heterocycles. The lowest BCUT2D eigenvalue weighted by Crippen LogP contribution is -2.35. The molecule has 2 aliphatic heterocycles. The summed E-state index contributed by atoms with van der Waals surface area (Å²) < 4.78 is 16.2. The van der Waals surface area contributed by atoms with Crippen LogP contribution in [0.15, 0.2) is 36.4 Å². The van der Waals surface area contributed by atoms with Gasteiger partial charge in [0.2, 0.25) is 0 Å². The van der Waals surface area contributed by atoms with Gasteiger partial charge in [0.25, 0.3) is 11.6 Å². The largest absolute Gasteiger partial charge is 0.497 e. The van der Waals surface area contributed by atoms with Crippen LogP contribution in [-0.2, 0) is 6.54 Å². The van der Waals surface area contributed by atoms with Gasteiger partial charge in [-0.2, -0.15) is 0 Å². The van der Waals surface area contributed by atoms with E-state index < -0.39 is 4.92 Å². The lowest BCUT2D eigenvalue weighted by Gasteiger charge is -2.23. The normalized spacial score (nSPS) is 16.5. The third-order valence-electron chi connectivity index (χ3n) is 5.53. The van der Waals surface area contributed by atoms with E-state index >= 15 is 0 Å². The molecule has 0 N–H and O–H groups in total. The van der Waals surface area contributed by atoms with E-state index in [9.17, 15) is 14.9 Å². The minimum absolute atomic E-state index is 0.0397. The highest BCUT2D eigenvalue weighted by molar-refractivity contribution is 5.99. The molecule has 2 heterocycles. The fraction of sp³-hybridized carbons (Fsp3) is 0.409. The van der Waals surface area contributed by atoms with E-state index in [2.05, 4.69) is 4.90 Å². The van der Waals surface area contributed by atoms with Crippen molar-refractivity contribution in [2.45, 2.75) is 13.0 Å². The number of benzene rings is 2. The molecule has 0 saturated carbocycles. The van der Waals surface area contributed by atoms with Crippen LogP contribution in [0.2, 0.25) is 0 Å². The molecule has 31 heavy (non-hydrogen) atoms. The number of nitro groups is 1. The molecule has 2 aliphatic rings. The number of hydrogen-bond acceptors (Lipinski definition) is 7. The second kappa shape index (κ2) is 9.22. The van der Waals surface area contributed by atoms with Crippen LogP contribution in [0.4, 0.5) is 5.69 Å². The Morgan fingerprint density at radius 1 is 1.06 bits per heavy atom. The van der Waals surface area contributed by atoms with E-state index in [-0.39, 0.29) is 17.2 Å². The summed E-state index contributed by atoms with van der Waals surface area (Å²) >= 11 is 0. The highest BCUT2D eigenvalue weighted by atomic mass is 16.6. The molecule has 1 fully saturated rings. The van der Waals surface area contributed by atoms with Crippen molar-refractivity contribution in [2.75, 3.05) is 46.5 Å². The molecular formula is C22H25N3O6. The molecule has 1 amide bonds. The maximum atomic E-state index is 13.2. The average molecular weight is 427 g/mol. The molecule has 0 aliphatic carbocycles. The number of fused-ring (bicyclic) bond motifs is 1. The second-order valence-electron chi connectivity index (χ2n) is 7.54.